The Morgan fingerprint density at radius 3 is 2.47 bits per heavy atom. The molecule has 0 aliphatic carbocycles. The second-order valence-corrected chi connectivity index (χ2v) is 9.13. The minimum absolute atomic E-state index is 0.0874. The molecule has 0 aliphatic rings. The molecule has 3 aromatic carbocycles. The van der Waals surface area contributed by atoms with Gasteiger partial charge in [0, 0.05) is 20.7 Å². The third-order valence-corrected chi connectivity index (χ3v) is 5.75. The van der Waals surface area contributed by atoms with Crippen LogP contribution < -0.4 is 10.1 Å². The summed E-state index contributed by atoms with van der Waals surface area (Å²) in [6.45, 7) is 0.191. The van der Waals surface area contributed by atoms with Crippen molar-refractivity contribution in [1.82, 2.24) is 0 Å². The van der Waals surface area contributed by atoms with Crippen LogP contribution in [0.3, 0.4) is 0 Å². The fourth-order valence-corrected chi connectivity index (χ4v) is 4.35. The van der Waals surface area contributed by atoms with E-state index in [1.165, 1.54) is 18.2 Å². The Morgan fingerprint density at radius 1 is 1.12 bits per heavy atom. The van der Waals surface area contributed by atoms with Crippen LogP contribution in [0.1, 0.15) is 16.7 Å². The summed E-state index contributed by atoms with van der Waals surface area (Å²) in [7, 11) is 0. The Morgan fingerprint density at radius 2 is 1.82 bits per heavy atom. The lowest BCUT2D eigenvalue weighted by molar-refractivity contribution is -0.137. The summed E-state index contributed by atoms with van der Waals surface area (Å²) in [5, 5.41) is 12.5. The van der Waals surface area contributed by atoms with Crippen molar-refractivity contribution in [2.24, 2.45) is 0 Å². The van der Waals surface area contributed by atoms with Crippen LogP contribution >= 0.6 is 43.5 Å². The minimum Gasteiger partial charge on any atom is -0.487 e. The summed E-state index contributed by atoms with van der Waals surface area (Å²) in [4.78, 5) is 12.6. The van der Waals surface area contributed by atoms with Crippen molar-refractivity contribution in [3.8, 4) is 11.8 Å². The Balaban J connectivity index is 1.88. The topological polar surface area (TPSA) is 62.1 Å². The first kappa shape index (κ1) is 25.8. The maximum atomic E-state index is 12.9. The number of alkyl halides is 3. The van der Waals surface area contributed by atoms with Gasteiger partial charge in [0.25, 0.3) is 5.91 Å². The number of amides is 1. The summed E-state index contributed by atoms with van der Waals surface area (Å²) >= 11 is 12.7. The van der Waals surface area contributed by atoms with Crippen LogP contribution in [0.4, 0.5) is 18.9 Å². The van der Waals surface area contributed by atoms with E-state index in [1.807, 2.05) is 0 Å². The first-order valence-electron chi connectivity index (χ1n) is 9.53. The lowest BCUT2D eigenvalue weighted by atomic mass is 10.1. The molecule has 0 heterocycles. The first-order valence-corrected chi connectivity index (χ1v) is 11.5. The van der Waals surface area contributed by atoms with Crippen LogP contribution in [0.15, 0.2) is 75.2 Å². The molecule has 0 bridgehead atoms. The Labute approximate surface area is 215 Å². The lowest BCUT2D eigenvalue weighted by Crippen LogP contribution is -2.14. The number of hydrogen-bond donors (Lipinski definition) is 1. The first-order chi connectivity index (χ1) is 16.1. The van der Waals surface area contributed by atoms with Gasteiger partial charge in [0.1, 0.15) is 24.0 Å². The van der Waals surface area contributed by atoms with E-state index in [2.05, 4.69) is 37.2 Å². The number of halogens is 6. The maximum Gasteiger partial charge on any atom is 0.416 e. The van der Waals surface area contributed by atoms with Gasteiger partial charge in [-0.25, -0.2) is 0 Å². The zero-order chi connectivity index (χ0) is 24.9. The number of nitriles is 1. The average molecular weight is 615 g/mol. The molecular weight excluding hydrogens is 601 g/mol. The smallest absolute Gasteiger partial charge is 0.416 e. The van der Waals surface area contributed by atoms with Crippen molar-refractivity contribution in [3.05, 3.63) is 96.9 Å². The molecule has 1 N–H and O–H groups in total. The molecule has 34 heavy (non-hydrogen) atoms. The Hall–Kier alpha value is -2.80. The van der Waals surface area contributed by atoms with Gasteiger partial charge in [-0.2, -0.15) is 18.4 Å². The maximum absolute atomic E-state index is 12.9. The summed E-state index contributed by atoms with van der Waals surface area (Å²) in [6, 6.07) is 16.4. The third-order valence-electron chi connectivity index (χ3n) is 4.45. The number of ether oxygens (including phenoxy) is 1. The van der Waals surface area contributed by atoms with E-state index in [-0.39, 0.29) is 17.9 Å². The van der Waals surface area contributed by atoms with E-state index in [4.69, 9.17) is 16.3 Å². The number of anilines is 1. The van der Waals surface area contributed by atoms with Gasteiger partial charge in [-0.1, -0.05) is 45.7 Å². The van der Waals surface area contributed by atoms with Crippen LogP contribution in [-0.2, 0) is 17.6 Å². The number of hydrogen-bond acceptors (Lipinski definition) is 3. The SMILES string of the molecule is N#C/C(=C\c1cc(Br)cc(Br)c1OCc1ccc(Cl)cc1)C(=O)Nc1cccc(C(F)(F)F)c1. The Bertz CT molecular complexity index is 1290. The fraction of sp³-hybridized carbons (Fsp3) is 0.0833. The number of nitrogens with one attached hydrogen (secondary N) is 1. The third kappa shape index (κ3) is 6.86. The monoisotopic (exact) mass is 612 g/mol. The highest BCUT2D eigenvalue weighted by atomic mass is 79.9. The number of rotatable bonds is 6. The molecule has 0 radical (unpaired) electrons. The van der Waals surface area contributed by atoms with Crippen molar-refractivity contribution in [2.45, 2.75) is 12.8 Å². The van der Waals surface area contributed by atoms with Crippen molar-refractivity contribution in [1.29, 1.82) is 5.26 Å². The average Bonchev–Trinajstić information content (AvgIpc) is 2.77. The molecule has 0 saturated heterocycles. The highest BCUT2D eigenvalue weighted by Gasteiger charge is 2.30. The van der Waals surface area contributed by atoms with E-state index < -0.39 is 17.6 Å². The summed E-state index contributed by atoms with van der Waals surface area (Å²) in [5.74, 6) is -0.487. The molecule has 0 aromatic heterocycles. The predicted molar refractivity (Wildman–Crippen MR) is 131 cm³/mol. The van der Waals surface area contributed by atoms with E-state index in [9.17, 15) is 23.2 Å². The zero-order valence-corrected chi connectivity index (χ0v) is 21.0. The molecule has 3 rings (SSSR count). The highest BCUT2D eigenvalue weighted by molar-refractivity contribution is 9.11. The normalized spacial score (nSPS) is 11.6. The minimum atomic E-state index is -4.56. The number of benzene rings is 3. The lowest BCUT2D eigenvalue weighted by Gasteiger charge is -2.13. The summed E-state index contributed by atoms with van der Waals surface area (Å²) in [5.41, 5.74) is -0.0705. The van der Waals surface area contributed by atoms with Gasteiger partial charge in [-0.3, -0.25) is 4.79 Å². The molecule has 1 amide bonds. The quantitative estimate of drug-likeness (QED) is 0.226. The molecule has 0 aliphatic heterocycles. The molecule has 3 aromatic rings. The van der Waals surface area contributed by atoms with Crippen LogP contribution in [0.5, 0.6) is 5.75 Å². The van der Waals surface area contributed by atoms with E-state index in [0.29, 0.717) is 25.3 Å². The molecular formula is C24H14Br2ClF3N2O2. The second kappa shape index (κ2) is 11.1. The largest absolute Gasteiger partial charge is 0.487 e. The molecule has 0 saturated carbocycles. The molecule has 10 heteroatoms. The van der Waals surface area contributed by atoms with Gasteiger partial charge in [0.2, 0.25) is 0 Å². The number of carbonyl (C=O) groups excluding carboxylic acids is 1. The molecule has 0 unspecified atom stereocenters. The molecule has 0 spiro atoms. The fourth-order valence-electron chi connectivity index (χ4n) is 2.85. The van der Waals surface area contributed by atoms with Crippen LogP contribution in [-0.4, -0.2) is 5.91 Å². The van der Waals surface area contributed by atoms with Gasteiger partial charge in [0.15, 0.2) is 0 Å². The van der Waals surface area contributed by atoms with Crippen molar-refractivity contribution >= 4 is 61.1 Å². The molecule has 0 atom stereocenters. The molecule has 4 nitrogen and oxygen atoms in total. The van der Waals surface area contributed by atoms with Gasteiger partial charge in [-0.15, -0.1) is 0 Å². The predicted octanol–water partition coefficient (Wildman–Crippen LogP) is 8.01. The molecule has 174 valence electrons. The van der Waals surface area contributed by atoms with E-state index >= 15 is 0 Å². The van der Waals surface area contributed by atoms with Crippen molar-refractivity contribution < 1.29 is 22.7 Å². The standard InChI is InChI=1S/C24H14Br2ClF3N2O2/c25-18-9-15(22(21(26)11-18)34-13-14-4-6-19(27)7-5-14)8-16(12-31)23(33)32-20-3-1-2-17(10-20)24(28,29)30/h1-11H,13H2,(H,32,33)/b16-8+. The van der Waals surface area contributed by atoms with Gasteiger partial charge in [-0.05, 0) is 70.0 Å². The van der Waals surface area contributed by atoms with Gasteiger partial charge >= 0.3 is 6.18 Å². The number of nitrogens with zero attached hydrogens (tertiary/aromatic N) is 1. The van der Waals surface area contributed by atoms with Crippen LogP contribution in [0.25, 0.3) is 6.08 Å². The second-order valence-electron chi connectivity index (χ2n) is 6.92. The zero-order valence-electron chi connectivity index (χ0n) is 17.1. The van der Waals surface area contributed by atoms with Crippen molar-refractivity contribution in [3.63, 3.8) is 0 Å². The Kier molecular flexibility index (Phi) is 8.42. The van der Waals surface area contributed by atoms with Crippen LogP contribution in [0.2, 0.25) is 5.02 Å². The van der Waals surface area contributed by atoms with Gasteiger partial charge < -0.3 is 10.1 Å². The summed E-state index contributed by atoms with van der Waals surface area (Å²) in [6.07, 6.45) is -3.26. The van der Waals surface area contributed by atoms with Crippen LogP contribution in [0, 0.1) is 11.3 Å². The van der Waals surface area contributed by atoms with E-state index in [1.54, 1.807) is 42.5 Å². The van der Waals surface area contributed by atoms with Crippen molar-refractivity contribution in [2.75, 3.05) is 5.32 Å². The summed E-state index contributed by atoms with van der Waals surface area (Å²) < 4.78 is 46.0. The molecule has 0 fully saturated rings. The number of carbonyl (C=O) groups is 1. The van der Waals surface area contributed by atoms with Gasteiger partial charge in [0.05, 0.1) is 10.0 Å². The highest BCUT2D eigenvalue weighted by Crippen LogP contribution is 2.35. The van der Waals surface area contributed by atoms with E-state index in [0.717, 1.165) is 17.7 Å².